The number of rotatable bonds is 6. The summed E-state index contributed by atoms with van der Waals surface area (Å²) >= 11 is 19.4. The molecule has 0 saturated carbocycles. The van der Waals surface area contributed by atoms with Gasteiger partial charge in [0.2, 0.25) is 5.91 Å². The Labute approximate surface area is 193 Å². The van der Waals surface area contributed by atoms with Gasteiger partial charge in [0, 0.05) is 26.2 Å². The molecule has 0 aliphatic heterocycles. The van der Waals surface area contributed by atoms with E-state index in [1.54, 1.807) is 55.5 Å². The predicted octanol–water partition coefficient (Wildman–Crippen LogP) is 7.02. The van der Waals surface area contributed by atoms with Gasteiger partial charge in [0.1, 0.15) is 0 Å². The maximum atomic E-state index is 12.5. The highest BCUT2D eigenvalue weighted by atomic mass is 35.5. The van der Waals surface area contributed by atoms with Crippen molar-refractivity contribution in [2.45, 2.75) is 17.1 Å². The van der Waals surface area contributed by atoms with Gasteiger partial charge in [-0.2, -0.15) is 0 Å². The van der Waals surface area contributed by atoms with Crippen LogP contribution >= 0.6 is 46.6 Å². The molecular weight excluding hydrogens is 463 g/mol. The summed E-state index contributed by atoms with van der Waals surface area (Å²) in [6.45, 7) is 1.79. The number of carbonyl (C=O) groups is 2. The molecule has 3 aromatic carbocycles. The maximum absolute atomic E-state index is 12.5. The smallest absolute Gasteiger partial charge is 0.255 e. The van der Waals surface area contributed by atoms with E-state index in [1.165, 1.54) is 11.8 Å². The third-order valence-corrected chi connectivity index (χ3v) is 5.94. The largest absolute Gasteiger partial charge is 0.324 e. The number of thioether (sulfide) groups is 1. The first-order chi connectivity index (χ1) is 14.3. The van der Waals surface area contributed by atoms with Crippen molar-refractivity contribution < 1.29 is 9.59 Å². The van der Waals surface area contributed by atoms with Crippen LogP contribution in [-0.4, -0.2) is 17.1 Å². The Balaban J connectivity index is 1.64. The number of nitrogens with one attached hydrogen (secondary N) is 2. The number of benzene rings is 3. The first kappa shape index (κ1) is 22.5. The van der Waals surface area contributed by atoms with Crippen LogP contribution in [-0.2, 0) is 4.79 Å². The molecule has 3 aromatic rings. The molecule has 1 atom stereocenters. The van der Waals surface area contributed by atoms with Crippen molar-refractivity contribution in [1.82, 2.24) is 0 Å². The molecule has 0 aromatic heterocycles. The quantitative estimate of drug-likeness (QED) is 0.374. The van der Waals surface area contributed by atoms with Crippen molar-refractivity contribution in [1.29, 1.82) is 0 Å². The van der Waals surface area contributed by atoms with Crippen LogP contribution in [0, 0.1) is 0 Å². The minimum Gasteiger partial charge on any atom is -0.324 e. The van der Waals surface area contributed by atoms with Crippen LogP contribution in [0.1, 0.15) is 17.3 Å². The lowest BCUT2D eigenvalue weighted by molar-refractivity contribution is -0.115. The Hall–Kier alpha value is -2.18. The lowest BCUT2D eigenvalue weighted by Gasteiger charge is -2.14. The van der Waals surface area contributed by atoms with Gasteiger partial charge in [0.25, 0.3) is 5.91 Å². The summed E-state index contributed by atoms with van der Waals surface area (Å²) in [7, 11) is 0. The van der Waals surface area contributed by atoms with Gasteiger partial charge in [0.05, 0.1) is 16.0 Å². The minimum absolute atomic E-state index is 0.211. The number of hydrogen-bond acceptors (Lipinski definition) is 3. The summed E-state index contributed by atoms with van der Waals surface area (Å²) < 4.78 is 0. The van der Waals surface area contributed by atoms with E-state index in [-0.39, 0.29) is 11.8 Å². The van der Waals surface area contributed by atoms with Crippen LogP contribution in [0.3, 0.4) is 0 Å². The summed E-state index contributed by atoms with van der Waals surface area (Å²) in [6, 6.07) is 18.9. The third-order valence-electron chi connectivity index (χ3n) is 4.05. The predicted molar refractivity (Wildman–Crippen MR) is 126 cm³/mol. The normalized spacial score (nSPS) is 11.6. The van der Waals surface area contributed by atoms with Crippen LogP contribution in [0.15, 0.2) is 71.6 Å². The van der Waals surface area contributed by atoms with Crippen molar-refractivity contribution in [3.63, 3.8) is 0 Å². The molecule has 0 saturated heterocycles. The molecule has 0 radical (unpaired) electrons. The second-order valence-electron chi connectivity index (χ2n) is 6.37. The lowest BCUT2D eigenvalue weighted by atomic mass is 10.2. The highest BCUT2D eigenvalue weighted by Crippen LogP contribution is 2.29. The van der Waals surface area contributed by atoms with E-state index < -0.39 is 5.25 Å². The maximum Gasteiger partial charge on any atom is 0.255 e. The van der Waals surface area contributed by atoms with Crippen LogP contribution in [0.2, 0.25) is 15.1 Å². The fraction of sp³-hybridized carbons (Fsp3) is 0.0909. The standard InChI is InChI=1S/C22H17Cl3N2O2S/c1-13(21(28)27-20-11-16(24)8-9-19(20)25)30-18-7-3-6-17(12-18)26-22(29)14-4-2-5-15(23)10-14/h2-13H,1H3,(H,26,29)(H,27,28). The van der Waals surface area contributed by atoms with E-state index in [2.05, 4.69) is 10.6 Å². The van der Waals surface area contributed by atoms with Gasteiger partial charge in [-0.1, -0.05) is 46.9 Å². The van der Waals surface area contributed by atoms with Gasteiger partial charge in [0.15, 0.2) is 0 Å². The average Bonchev–Trinajstić information content (AvgIpc) is 2.71. The molecule has 0 spiro atoms. The lowest BCUT2D eigenvalue weighted by Crippen LogP contribution is -2.22. The highest BCUT2D eigenvalue weighted by molar-refractivity contribution is 8.00. The molecule has 4 nitrogen and oxygen atoms in total. The topological polar surface area (TPSA) is 58.2 Å². The van der Waals surface area contributed by atoms with Gasteiger partial charge in [-0.15, -0.1) is 11.8 Å². The second kappa shape index (κ2) is 10.2. The number of amides is 2. The highest BCUT2D eigenvalue weighted by Gasteiger charge is 2.16. The van der Waals surface area contributed by atoms with Crippen molar-refractivity contribution in [3.05, 3.63) is 87.4 Å². The molecule has 0 aliphatic carbocycles. The summed E-state index contributed by atoms with van der Waals surface area (Å²) in [4.78, 5) is 25.8. The molecule has 0 bridgehead atoms. The molecule has 2 N–H and O–H groups in total. The molecule has 1 unspecified atom stereocenters. The first-order valence-corrected chi connectivity index (χ1v) is 10.9. The van der Waals surface area contributed by atoms with Crippen molar-refractivity contribution in [2.24, 2.45) is 0 Å². The second-order valence-corrected chi connectivity index (χ2v) is 9.06. The van der Waals surface area contributed by atoms with E-state index >= 15 is 0 Å². The van der Waals surface area contributed by atoms with Crippen LogP contribution in [0.4, 0.5) is 11.4 Å². The van der Waals surface area contributed by atoms with Gasteiger partial charge >= 0.3 is 0 Å². The van der Waals surface area contributed by atoms with E-state index in [1.807, 2.05) is 18.2 Å². The summed E-state index contributed by atoms with van der Waals surface area (Å²) in [5.74, 6) is -0.474. The van der Waals surface area contributed by atoms with Gasteiger partial charge < -0.3 is 10.6 Å². The van der Waals surface area contributed by atoms with Crippen LogP contribution in [0.5, 0.6) is 0 Å². The summed E-state index contributed by atoms with van der Waals surface area (Å²) in [5.41, 5.74) is 1.55. The Morgan fingerprint density at radius 2 is 1.60 bits per heavy atom. The van der Waals surface area contributed by atoms with Crippen molar-refractivity contribution in [2.75, 3.05) is 10.6 Å². The Bertz CT molecular complexity index is 1090. The number of hydrogen-bond donors (Lipinski definition) is 2. The zero-order valence-electron chi connectivity index (χ0n) is 15.8. The zero-order valence-corrected chi connectivity index (χ0v) is 18.9. The Kier molecular flexibility index (Phi) is 7.67. The number of anilines is 2. The third kappa shape index (κ3) is 6.16. The van der Waals surface area contributed by atoms with Crippen molar-refractivity contribution in [3.8, 4) is 0 Å². The molecule has 154 valence electrons. The molecule has 2 amide bonds. The molecule has 3 rings (SSSR count). The zero-order chi connectivity index (χ0) is 21.7. The van der Waals surface area contributed by atoms with E-state index in [4.69, 9.17) is 34.8 Å². The Morgan fingerprint density at radius 3 is 2.37 bits per heavy atom. The van der Waals surface area contributed by atoms with Gasteiger partial charge in [-0.25, -0.2) is 0 Å². The molecule has 0 aliphatic rings. The minimum atomic E-state index is -0.404. The monoisotopic (exact) mass is 478 g/mol. The summed E-state index contributed by atoms with van der Waals surface area (Å²) in [5, 5.41) is 6.61. The average molecular weight is 480 g/mol. The SMILES string of the molecule is CC(Sc1cccc(NC(=O)c2cccc(Cl)c2)c1)C(=O)Nc1cc(Cl)ccc1Cl. The first-order valence-electron chi connectivity index (χ1n) is 8.91. The molecular formula is C22H17Cl3N2O2S. The fourth-order valence-electron chi connectivity index (χ4n) is 2.57. The summed E-state index contributed by atoms with van der Waals surface area (Å²) in [6.07, 6.45) is 0. The van der Waals surface area contributed by atoms with Gasteiger partial charge in [-0.3, -0.25) is 9.59 Å². The number of halogens is 3. The van der Waals surface area contributed by atoms with Crippen LogP contribution < -0.4 is 10.6 Å². The number of carbonyl (C=O) groups excluding carboxylic acids is 2. The Morgan fingerprint density at radius 1 is 0.867 bits per heavy atom. The van der Waals surface area contributed by atoms with Gasteiger partial charge in [-0.05, 0) is 61.5 Å². The molecule has 8 heteroatoms. The van der Waals surface area contributed by atoms with E-state index in [9.17, 15) is 9.59 Å². The fourth-order valence-corrected chi connectivity index (χ4v) is 4.02. The van der Waals surface area contributed by atoms with E-state index in [0.717, 1.165) is 4.90 Å². The molecule has 30 heavy (non-hydrogen) atoms. The van der Waals surface area contributed by atoms with E-state index in [0.29, 0.717) is 32.0 Å². The van der Waals surface area contributed by atoms with Crippen LogP contribution in [0.25, 0.3) is 0 Å². The molecule has 0 heterocycles. The molecule has 0 fully saturated rings. The van der Waals surface area contributed by atoms with Crippen molar-refractivity contribution >= 4 is 69.8 Å².